The van der Waals surface area contributed by atoms with Crippen LogP contribution in [-0.2, 0) is 23.9 Å². The van der Waals surface area contributed by atoms with Crippen LogP contribution in [0.4, 0.5) is 0 Å². The molecule has 4 rings (SSSR count). The monoisotopic (exact) mass is 434 g/mol. The van der Waals surface area contributed by atoms with Crippen LogP contribution in [-0.4, -0.2) is 41.1 Å². The normalized spacial score (nSPS) is 42.2. The first-order valence-corrected chi connectivity index (χ1v) is 11.6. The highest BCUT2D eigenvalue weighted by molar-refractivity contribution is 5.88. The summed E-state index contributed by atoms with van der Waals surface area (Å²) >= 11 is 0. The van der Waals surface area contributed by atoms with E-state index in [1.807, 2.05) is 27.7 Å². The zero-order valence-electron chi connectivity index (χ0n) is 20.1. The smallest absolute Gasteiger partial charge is 0.333 e. The lowest BCUT2D eigenvalue weighted by Crippen LogP contribution is -2.70. The molecule has 4 fully saturated rings. The Labute approximate surface area is 185 Å². The number of aliphatic hydroxyl groups is 1. The van der Waals surface area contributed by atoms with Gasteiger partial charge in [-0.15, -0.1) is 0 Å². The second kappa shape index (κ2) is 8.02. The fraction of sp³-hybridized carbons (Fsp3) is 0.800. The summed E-state index contributed by atoms with van der Waals surface area (Å²) in [6.45, 7) is 15.1. The lowest BCUT2D eigenvalue weighted by molar-refractivity contribution is -0.236. The Morgan fingerprint density at radius 1 is 1.23 bits per heavy atom. The summed E-state index contributed by atoms with van der Waals surface area (Å²) in [6.07, 6.45) is -0.188. The quantitative estimate of drug-likeness (QED) is 0.524. The molecule has 4 aliphatic rings. The van der Waals surface area contributed by atoms with Gasteiger partial charge in [0, 0.05) is 28.7 Å². The largest absolute Gasteiger partial charge is 0.455 e. The number of ketones is 1. The van der Waals surface area contributed by atoms with Crippen molar-refractivity contribution in [1.82, 2.24) is 0 Å². The Bertz CT molecular complexity index is 798. The van der Waals surface area contributed by atoms with E-state index >= 15 is 0 Å². The fourth-order valence-electron chi connectivity index (χ4n) is 6.65. The number of fused-ring (bicyclic) bond motifs is 3. The van der Waals surface area contributed by atoms with Crippen molar-refractivity contribution in [2.45, 2.75) is 86.5 Å². The molecule has 6 heteroatoms. The average Bonchev–Trinajstić information content (AvgIpc) is 2.78. The zero-order valence-corrected chi connectivity index (χ0v) is 20.1. The van der Waals surface area contributed by atoms with Gasteiger partial charge in [0.25, 0.3) is 0 Å². The molecule has 0 saturated heterocycles. The molecule has 4 bridgehead atoms. The number of carbonyl (C=O) groups is 3. The van der Waals surface area contributed by atoms with Gasteiger partial charge >= 0.3 is 11.9 Å². The lowest BCUT2D eigenvalue weighted by atomic mass is 9.35. The molecule has 0 radical (unpaired) electrons. The van der Waals surface area contributed by atoms with Gasteiger partial charge in [-0.2, -0.15) is 0 Å². The molecular weight excluding hydrogens is 396 g/mol. The molecule has 3 unspecified atom stereocenters. The molecule has 0 aromatic carbocycles. The molecule has 0 aliphatic heterocycles. The summed E-state index contributed by atoms with van der Waals surface area (Å²) in [4.78, 5) is 38.6. The van der Waals surface area contributed by atoms with Gasteiger partial charge in [-0.25, -0.2) is 4.79 Å². The summed E-state index contributed by atoms with van der Waals surface area (Å²) < 4.78 is 11.9. The SMILES string of the molecule is C/C=C(/C)C(=O)O[C@@H]1[C@@H](OC(=O)C(C)CC)[C@@H](O)[C@@]2(C)C3C(=O)C[C@@H](C)[C@H]2C3C1(C)C. The van der Waals surface area contributed by atoms with Crippen LogP contribution < -0.4 is 0 Å². The number of ether oxygens (including phenoxy) is 2. The highest BCUT2D eigenvalue weighted by Gasteiger charge is 2.77. The maximum absolute atomic E-state index is 13.1. The summed E-state index contributed by atoms with van der Waals surface area (Å²) in [6, 6.07) is 0. The van der Waals surface area contributed by atoms with E-state index in [9.17, 15) is 19.5 Å². The minimum Gasteiger partial charge on any atom is -0.455 e. The predicted molar refractivity (Wildman–Crippen MR) is 116 cm³/mol. The summed E-state index contributed by atoms with van der Waals surface area (Å²) in [5, 5.41) is 11.6. The van der Waals surface area contributed by atoms with Crippen molar-refractivity contribution in [2.75, 3.05) is 0 Å². The Kier molecular flexibility index (Phi) is 6.20. The standard InChI is InChI=1S/C25H38O6/c1-9-12(3)22(28)30-19-20(27)25(8)16-14(5)11-15(26)17(25)18(16)24(6,7)21(19)31-23(29)13(4)10-2/h10,12,14,16-21,27H,9,11H2,1-8H3/b13-10-/t12?,14-,16+,17?,18?,19+,20-,21-,25-/m1/s1. The maximum atomic E-state index is 13.1. The van der Waals surface area contributed by atoms with Crippen LogP contribution in [0.5, 0.6) is 0 Å². The second-order valence-electron chi connectivity index (χ2n) is 10.8. The molecule has 1 N–H and O–H groups in total. The highest BCUT2D eigenvalue weighted by atomic mass is 16.6. The zero-order chi connectivity index (χ0) is 23.5. The van der Waals surface area contributed by atoms with Crippen molar-refractivity contribution in [2.24, 2.45) is 40.4 Å². The van der Waals surface area contributed by atoms with Crippen LogP contribution in [0.2, 0.25) is 0 Å². The summed E-state index contributed by atoms with van der Waals surface area (Å²) in [5.74, 6) is -1.26. The van der Waals surface area contributed by atoms with Crippen molar-refractivity contribution in [1.29, 1.82) is 0 Å². The molecule has 0 amide bonds. The third-order valence-corrected chi connectivity index (χ3v) is 8.71. The Balaban J connectivity index is 2.10. The molecular formula is C25H38O6. The number of carbonyl (C=O) groups excluding carboxylic acids is 3. The third kappa shape index (κ3) is 3.37. The van der Waals surface area contributed by atoms with E-state index < -0.39 is 41.1 Å². The van der Waals surface area contributed by atoms with Crippen LogP contribution in [0, 0.1) is 40.4 Å². The third-order valence-electron chi connectivity index (χ3n) is 8.71. The molecule has 174 valence electrons. The number of allylic oxidation sites excluding steroid dienone is 1. The molecule has 0 heterocycles. The first-order valence-electron chi connectivity index (χ1n) is 11.6. The number of aliphatic hydroxyl groups excluding tert-OH is 1. The summed E-state index contributed by atoms with van der Waals surface area (Å²) in [5.41, 5.74) is -0.904. The molecule has 31 heavy (non-hydrogen) atoms. The van der Waals surface area contributed by atoms with E-state index in [-0.39, 0.29) is 35.4 Å². The van der Waals surface area contributed by atoms with E-state index in [1.54, 1.807) is 26.8 Å². The topological polar surface area (TPSA) is 89.9 Å². The van der Waals surface area contributed by atoms with Crippen molar-refractivity contribution in [3.05, 3.63) is 11.6 Å². The van der Waals surface area contributed by atoms with Gasteiger partial charge in [0.1, 0.15) is 18.0 Å². The minimum absolute atomic E-state index is 0.0422. The first kappa shape index (κ1) is 24.0. The van der Waals surface area contributed by atoms with Crippen molar-refractivity contribution in [3.8, 4) is 0 Å². The average molecular weight is 435 g/mol. The van der Waals surface area contributed by atoms with Crippen LogP contribution in [0.25, 0.3) is 0 Å². The number of hydrogen-bond donors (Lipinski definition) is 1. The maximum Gasteiger partial charge on any atom is 0.333 e. The molecule has 0 spiro atoms. The highest BCUT2D eigenvalue weighted by Crippen LogP contribution is 2.72. The van der Waals surface area contributed by atoms with Crippen LogP contribution in [0.15, 0.2) is 11.6 Å². The molecule has 4 saturated carbocycles. The Hall–Kier alpha value is -1.69. The number of esters is 2. The van der Waals surface area contributed by atoms with Crippen molar-refractivity contribution < 1.29 is 29.0 Å². The fourth-order valence-corrected chi connectivity index (χ4v) is 6.65. The number of Topliss-reactive ketones (excluding diaryl/α,β-unsaturated/α-hetero) is 1. The van der Waals surface area contributed by atoms with Crippen LogP contribution >= 0.6 is 0 Å². The van der Waals surface area contributed by atoms with Gasteiger partial charge in [-0.1, -0.05) is 47.6 Å². The molecule has 0 aromatic heterocycles. The van der Waals surface area contributed by atoms with Gasteiger partial charge < -0.3 is 14.6 Å². The Morgan fingerprint density at radius 3 is 2.35 bits per heavy atom. The molecule has 6 nitrogen and oxygen atoms in total. The number of hydrogen-bond acceptors (Lipinski definition) is 6. The molecule has 9 atom stereocenters. The molecule has 0 aromatic rings. The Morgan fingerprint density at radius 2 is 1.84 bits per heavy atom. The van der Waals surface area contributed by atoms with Gasteiger partial charge in [0.15, 0.2) is 6.10 Å². The van der Waals surface area contributed by atoms with Crippen LogP contribution in [0.1, 0.15) is 68.2 Å². The predicted octanol–water partition coefficient (Wildman–Crippen LogP) is 3.70. The van der Waals surface area contributed by atoms with E-state index in [1.165, 1.54) is 0 Å². The van der Waals surface area contributed by atoms with Crippen LogP contribution in [0.3, 0.4) is 0 Å². The minimum atomic E-state index is -1.09. The van der Waals surface area contributed by atoms with Gasteiger partial charge in [-0.05, 0) is 38.0 Å². The molecule has 4 aliphatic carbocycles. The second-order valence-corrected chi connectivity index (χ2v) is 10.8. The van der Waals surface area contributed by atoms with E-state index in [0.717, 1.165) is 0 Å². The first-order chi connectivity index (χ1) is 14.3. The summed E-state index contributed by atoms with van der Waals surface area (Å²) in [7, 11) is 0. The van der Waals surface area contributed by atoms with Crippen molar-refractivity contribution >= 4 is 17.7 Å². The van der Waals surface area contributed by atoms with Gasteiger partial charge in [0.2, 0.25) is 0 Å². The lowest BCUT2D eigenvalue weighted by Gasteiger charge is -2.68. The van der Waals surface area contributed by atoms with Gasteiger partial charge in [0.05, 0.1) is 5.92 Å². The van der Waals surface area contributed by atoms with Gasteiger partial charge in [-0.3, -0.25) is 9.59 Å². The van der Waals surface area contributed by atoms with E-state index in [0.29, 0.717) is 18.4 Å². The van der Waals surface area contributed by atoms with E-state index in [4.69, 9.17) is 9.47 Å². The number of rotatable bonds is 5. The van der Waals surface area contributed by atoms with E-state index in [2.05, 4.69) is 6.92 Å². The van der Waals surface area contributed by atoms with Crippen molar-refractivity contribution in [3.63, 3.8) is 0 Å².